The molecule has 156 valence electrons. The van der Waals surface area contributed by atoms with Gasteiger partial charge in [-0.3, -0.25) is 0 Å². The lowest BCUT2D eigenvalue weighted by Gasteiger charge is -2.09. The Balaban J connectivity index is 1.59. The zero-order chi connectivity index (χ0) is 20.0. The first-order valence-electron chi connectivity index (χ1n) is 11.4. The largest absolute Gasteiger partial charge is 0.302 e. The third-order valence-electron chi connectivity index (χ3n) is 5.71. The van der Waals surface area contributed by atoms with Crippen molar-refractivity contribution < 1.29 is 8.76 Å². The Kier molecular flexibility index (Phi) is 11.5. The average molecular weight is 403 g/mol. The third kappa shape index (κ3) is 8.05. The molecule has 2 aromatic rings. The number of fused-ring (bicyclic) bond motifs is 1. The first kappa shape index (κ1) is 23.1. The van der Waals surface area contributed by atoms with Crippen molar-refractivity contribution in [2.45, 2.75) is 102 Å². The van der Waals surface area contributed by atoms with Gasteiger partial charge in [-0.1, -0.05) is 114 Å². The monoisotopic (exact) mass is 402 g/mol. The van der Waals surface area contributed by atoms with Gasteiger partial charge in [-0.15, -0.1) is 0 Å². The van der Waals surface area contributed by atoms with Crippen LogP contribution in [0, 0.1) is 0 Å². The zero-order valence-electron chi connectivity index (χ0n) is 17.6. The van der Waals surface area contributed by atoms with Gasteiger partial charge in [0, 0.05) is 5.39 Å². The minimum absolute atomic E-state index is 0.518. The van der Waals surface area contributed by atoms with Gasteiger partial charge in [0.15, 0.2) is 11.1 Å². The second-order valence-corrected chi connectivity index (χ2v) is 8.95. The molecule has 2 nitrogen and oxygen atoms in total. The molecule has 1 atom stereocenters. The molecule has 0 saturated carbocycles. The van der Waals surface area contributed by atoms with Crippen molar-refractivity contribution >= 4 is 21.9 Å². The van der Waals surface area contributed by atoms with Gasteiger partial charge in [0.05, 0.1) is 4.90 Å². The van der Waals surface area contributed by atoms with Crippen molar-refractivity contribution in [2.75, 3.05) is 0 Å². The van der Waals surface area contributed by atoms with Gasteiger partial charge in [0.1, 0.15) is 0 Å². The lowest BCUT2D eigenvalue weighted by Crippen LogP contribution is -1.93. The van der Waals surface area contributed by atoms with E-state index in [0.717, 1.165) is 17.2 Å². The van der Waals surface area contributed by atoms with Crippen LogP contribution in [0.25, 0.3) is 10.8 Å². The fourth-order valence-electron chi connectivity index (χ4n) is 4.05. The van der Waals surface area contributed by atoms with Gasteiger partial charge in [-0.25, -0.2) is 4.21 Å². The molecule has 0 spiro atoms. The zero-order valence-corrected chi connectivity index (χ0v) is 18.4. The highest BCUT2D eigenvalue weighted by Crippen LogP contribution is 2.25. The van der Waals surface area contributed by atoms with Crippen LogP contribution in [0.15, 0.2) is 41.3 Å². The van der Waals surface area contributed by atoms with Crippen molar-refractivity contribution in [1.82, 2.24) is 0 Å². The van der Waals surface area contributed by atoms with Crippen LogP contribution >= 0.6 is 0 Å². The van der Waals surface area contributed by atoms with Gasteiger partial charge in [-0.05, 0) is 29.9 Å². The van der Waals surface area contributed by atoms with Crippen LogP contribution in [0.2, 0.25) is 0 Å². The van der Waals surface area contributed by atoms with E-state index in [4.69, 9.17) is 0 Å². The molecule has 0 fully saturated rings. The molecule has 0 saturated heterocycles. The Hall–Kier alpha value is -1.19. The first-order valence-corrected chi connectivity index (χ1v) is 12.5. The van der Waals surface area contributed by atoms with E-state index in [0.29, 0.717) is 4.90 Å². The highest BCUT2D eigenvalue weighted by atomic mass is 32.2. The molecule has 2 rings (SSSR count). The van der Waals surface area contributed by atoms with Crippen LogP contribution < -0.4 is 0 Å². The molecule has 3 heteroatoms. The molecule has 28 heavy (non-hydrogen) atoms. The van der Waals surface area contributed by atoms with Crippen LogP contribution in [-0.4, -0.2) is 8.76 Å². The van der Waals surface area contributed by atoms with E-state index in [1.54, 1.807) is 6.07 Å². The summed E-state index contributed by atoms with van der Waals surface area (Å²) in [5.41, 5.74) is 1.30. The Labute approximate surface area is 174 Å². The van der Waals surface area contributed by atoms with Gasteiger partial charge in [0.25, 0.3) is 0 Å². The lowest BCUT2D eigenvalue weighted by atomic mass is 9.99. The van der Waals surface area contributed by atoms with E-state index in [-0.39, 0.29) is 0 Å². The van der Waals surface area contributed by atoms with Crippen LogP contribution in [0.5, 0.6) is 0 Å². The first-order chi connectivity index (χ1) is 13.7. The number of hydrogen-bond donors (Lipinski definition) is 1. The quantitative estimate of drug-likeness (QED) is 0.242. The Morgan fingerprint density at radius 1 is 0.679 bits per heavy atom. The van der Waals surface area contributed by atoms with Crippen molar-refractivity contribution in [3.63, 3.8) is 0 Å². The Bertz CT molecular complexity index is 711. The average Bonchev–Trinajstić information content (AvgIpc) is 2.71. The van der Waals surface area contributed by atoms with Crippen LogP contribution in [0.3, 0.4) is 0 Å². The van der Waals surface area contributed by atoms with Gasteiger partial charge >= 0.3 is 0 Å². The van der Waals surface area contributed by atoms with Gasteiger partial charge in [-0.2, -0.15) is 0 Å². The predicted octanol–water partition coefficient (Wildman–Crippen LogP) is 8.05. The molecule has 0 radical (unpaired) electrons. The standard InChI is InChI=1S/C25H38O2S/c1-2-3-4-5-6-7-8-9-10-11-12-13-14-17-22-18-15-20-24-23(22)19-16-21-25(24)28(26)27/h15-16,18-21H,2-14,17H2,1H3,(H,26,27). The maximum Gasteiger partial charge on any atom is 0.187 e. The lowest BCUT2D eigenvalue weighted by molar-refractivity contribution is 0.539. The fraction of sp³-hybridized carbons (Fsp3) is 0.600. The summed E-state index contributed by atoms with van der Waals surface area (Å²) in [5.74, 6) is 0. The van der Waals surface area contributed by atoms with E-state index >= 15 is 0 Å². The molecule has 0 aliphatic heterocycles. The molecule has 0 aliphatic carbocycles. The summed E-state index contributed by atoms with van der Waals surface area (Å²) in [6.45, 7) is 2.28. The molecule has 0 aromatic heterocycles. The van der Waals surface area contributed by atoms with Gasteiger partial charge in [0.2, 0.25) is 0 Å². The Morgan fingerprint density at radius 2 is 1.18 bits per heavy atom. The topological polar surface area (TPSA) is 37.3 Å². The number of aryl methyl sites for hydroxylation is 1. The van der Waals surface area contributed by atoms with E-state index in [2.05, 4.69) is 19.1 Å². The normalized spacial score (nSPS) is 12.5. The maximum absolute atomic E-state index is 11.5. The van der Waals surface area contributed by atoms with Crippen molar-refractivity contribution in [1.29, 1.82) is 0 Å². The second-order valence-electron chi connectivity index (χ2n) is 8.01. The molecule has 0 heterocycles. The van der Waals surface area contributed by atoms with Crippen molar-refractivity contribution in [3.8, 4) is 0 Å². The Morgan fingerprint density at radius 3 is 1.75 bits per heavy atom. The molecule has 1 N–H and O–H groups in total. The minimum Gasteiger partial charge on any atom is -0.302 e. The van der Waals surface area contributed by atoms with E-state index < -0.39 is 11.1 Å². The van der Waals surface area contributed by atoms with Crippen LogP contribution in [0.1, 0.15) is 96.0 Å². The SMILES string of the molecule is CCCCCCCCCCCCCCCc1cccc2c(S(=O)O)cccc12. The van der Waals surface area contributed by atoms with Crippen LogP contribution in [-0.2, 0) is 17.5 Å². The van der Waals surface area contributed by atoms with Crippen molar-refractivity contribution in [2.24, 2.45) is 0 Å². The molecule has 2 aromatic carbocycles. The van der Waals surface area contributed by atoms with E-state index in [9.17, 15) is 8.76 Å². The summed E-state index contributed by atoms with van der Waals surface area (Å²) < 4.78 is 21.0. The number of rotatable bonds is 15. The van der Waals surface area contributed by atoms with E-state index in [1.807, 2.05) is 18.2 Å². The molecule has 0 bridgehead atoms. The maximum atomic E-state index is 11.5. The smallest absolute Gasteiger partial charge is 0.187 e. The molecule has 1 unspecified atom stereocenters. The fourth-order valence-corrected chi connectivity index (χ4v) is 4.61. The predicted molar refractivity (Wildman–Crippen MR) is 122 cm³/mol. The molecule has 0 aliphatic rings. The van der Waals surface area contributed by atoms with Crippen molar-refractivity contribution in [3.05, 3.63) is 42.0 Å². The highest BCUT2D eigenvalue weighted by Gasteiger charge is 2.08. The summed E-state index contributed by atoms with van der Waals surface area (Å²) >= 11 is -1.93. The second kappa shape index (κ2) is 13.9. The summed E-state index contributed by atoms with van der Waals surface area (Å²) in [5, 5.41) is 2.04. The molecular formula is C25H38O2S. The number of unbranched alkanes of at least 4 members (excludes halogenated alkanes) is 12. The summed E-state index contributed by atoms with van der Waals surface area (Å²) in [6.07, 6.45) is 18.9. The summed E-state index contributed by atoms with van der Waals surface area (Å²) in [6, 6.07) is 11.8. The van der Waals surface area contributed by atoms with E-state index in [1.165, 1.54) is 89.0 Å². The summed E-state index contributed by atoms with van der Waals surface area (Å²) in [7, 11) is 0. The van der Waals surface area contributed by atoms with Crippen LogP contribution in [0.4, 0.5) is 0 Å². The third-order valence-corrected chi connectivity index (χ3v) is 6.44. The van der Waals surface area contributed by atoms with Gasteiger partial charge < -0.3 is 4.55 Å². The molecule has 0 amide bonds. The minimum atomic E-state index is -1.93. The molecular weight excluding hydrogens is 364 g/mol. The summed E-state index contributed by atoms with van der Waals surface area (Å²) in [4.78, 5) is 0.518. The number of benzene rings is 2. The highest BCUT2D eigenvalue weighted by molar-refractivity contribution is 7.79. The number of hydrogen-bond acceptors (Lipinski definition) is 1.